The second-order valence-electron chi connectivity index (χ2n) is 6.08. The largest absolute Gasteiger partial charge is 0.423 e. The topological polar surface area (TPSA) is 95.2 Å². The second kappa shape index (κ2) is 7.76. The van der Waals surface area contributed by atoms with Gasteiger partial charge >= 0.3 is 5.97 Å². The number of halogens is 1. The molecule has 4 aromatic rings. The van der Waals surface area contributed by atoms with E-state index in [4.69, 9.17) is 4.74 Å². The minimum Gasteiger partial charge on any atom is -0.423 e. The molecule has 0 N–H and O–H groups in total. The molecule has 4 rings (SSSR count). The number of nitrogens with zero attached hydrogens (tertiary/aromatic N) is 3. The van der Waals surface area contributed by atoms with Gasteiger partial charge in [0.25, 0.3) is 5.69 Å². The smallest absolute Gasteiger partial charge is 0.343 e. The Kier molecular flexibility index (Phi) is 5.01. The van der Waals surface area contributed by atoms with E-state index in [2.05, 4.69) is 25.9 Å². The lowest BCUT2D eigenvalue weighted by molar-refractivity contribution is -0.385. The van der Waals surface area contributed by atoms with Crippen LogP contribution in [0.5, 0.6) is 5.75 Å². The first kappa shape index (κ1) is 18.7. The summed E-state index contributed by atoms with van der Waals surface area (Å²) in [5.41, 5.74) is 3.23. The zero-order chi connectivity index (χ0) is 20.4. The molecule has 0 aliphatic heterocycles. The van der Waals surface area contributed by atoms with Crippen molar-refractivity contribution >= 4 is 38.6 Å². The molecule has 0 saturated carbocycles. The number of fused-ring (bicyclic) bond motifs is 1. The first-order chi connectivity index (χ1) is 14.0. The van der Waals surface area contributed by atoms with Crippen LogP contribution in [0.15, 0.2) is 77.4 Å². The van der Waals surface area contributed by atoms with Crippen LogP contribution in [0, 0.1) is 10.1 Å². The van der Waals surface area contributed by atoms with Crippen LogP contribution in [0.3, 0.4) is 0 Å². The van der Waals surface area contributed by atoms with Gasteiger partial charge in [-0.15, -0.1) is 0 Å². The lowest BCUT2D eigenvalue weighted by Gasteiger charge is -2.07. The zero-order valence-corrected chi connectivity index (χ0v) is 16.4. The molecule has 0 atom stereocenters. The number of hydrogen-bond acceptors (Lipinski definition) is 6. The number of ether oxygens (including phenoxy) is 1. The molecule has 29 heavy (non-hydrogen) atoms. The normalized spacial score (nSPS) is 10.7. The van der Waals surface area contributed by atoms with Gasteiger partial charge in [0.2, 0.25) is 0 Å². The quantitative estimate of drug-likeness (QED) is 0.184. The van der Waals surface area contributed by atoms with E-state index < -0.39 is 10.9 Å². The zero-order valence-electron chi connectivity index (χ0n) is 14.8. The number of carbonyl (C=O) groups is 1. The number of rotatable bonds is 4. The number of aromatic nitrogens is 2. The van der Waals surface area contributed by atoms with Gasteiger partial charge in [0, 0.05) is 11.6 Å². The van der Waals surface area contributed by atoms with Crippen molar-refractivity contribution in [3.63, 3.8) is 0 Å². The van der Waals surface area contributed by atoms with Crippen molar-refractivity contribution < 1.29 is 14.5 Å². The number of carbonyl (C=O) groups excluding carboxylic acids is 1. The summed E-state index contributed by atoms with van der Waals surface area (Å²) in [7, 11) is 0. The fraction of sp³-hybridized carbons (Fsp3) is 0. The molecule has 0 aliphatic carbocycles. The lowest BCUT2D eigenvalue weighted by atomic mass is 10.1. The molecule has 0 radical (unpaired) electrons. The Hall–Kier alpha value is -3.65. The van der Waals surface area contributed by atoms with Crippen LogP contribution < -0.4 is 4.74 Å². The van der Waals surface area contributed by atoms with Gasteiger partial charge in [0.1, 0.15) is 5.75 Å². The first-order valence-electron chi connectivity index (χ1n) is 8.49. The van der Waals surface area contributed by atoms with Crippen molar-refractivity contribution in [2.75, 3.05) is 0 Å². The van der Waals surface area contributed by atoms with Gasteiger partial charge in [0.15, 0.2) is 0 Å². The Morgan fingerprint density at radius 1 is 1.00 bits per heavy atom. The third-order valence-electron chi connectivity index (χ3n) is 4.19. The van der Waals surface area contributed by atoms with Gasteiger partial charge in [-0.05, 0) is 64.5 Å². The SMILES string of the molecule is O=C(Oc1ccc(-c2cnc3ccccc3n2)cc1)c1ccc([N+](=O)[O-])c(Br)c1. The summed E-state index contributed by atoms with van der Waals surface area (Å²) in [6, 6.07) is 18.4. The Balaban J connectivity index is 1.52. The van der Waals surface area contributed by atoms with Gasteiger partial charge in [-0.3, -0.25) is 15.1 Å². The van der Waals surface area contributed by atoms with Crippen molar-refractivity contribution in [2.45, 2.75) is 0 Å². The van der Waals surface area contributed by atoms with Crippen molar-refractivity contribution in [3.8, 4) is 17.0 Å². The number of esters is 1. The number of hydrogen-bond donors (Lipinski definition) is 0. The van der Waals surface area contributed by atoms with Crippen LogP contribution in [-0.2, 0) is 0 Å². The molecule has 1 heterocycles. The van der Waals surface area contributed by atoms with Gasteiger partial charge in [-0.2, -0.15) is 0 Å². The van der Waals surface area contributed by atoms with Crippen molar-refractivity contribution in [1.82, 2.24) is 9.97 Å². The van der Waals surface area contributed by atoms with Crippen LogP contribution in [0.1, 0.15) is 10.4 Å². The van der Waals surface area contributed by atoms with E-state index in [-0.39, 0.29) is 15.7 Å². The van der Waals surface area contributed by atoms with Gasteiger partial charge in [-0.25, -0.2) is 9.78 Å². The summed E-state index contributed by atoms with van der Waals surface area (Å²) >= 11 is 3.09. The predicted octanol–water partition coefficient (Wildman–Crippen LogP) is 5.19. The average Bonchev–Trinajstić information content (AvgIpc) is 2.73. The van der Waals surface area contributed by atoms with Crippen molar-refractivity contribution in [1.29, 1.82) is 0 Å². The molecular weight excluding hydrogens is 438 g/mol. The van der Waals surface area contributed by atoms with E-state index >= 15 is 0 Å². The Labute approximate surface area is 173 Å². The van der Waals surface area contributed by atoms with E-state index in [1.165, 1.54) is 18.2 Å². The lowest BCUT2D eigenvalue weighted by Crippen LogP contribution is -2.08. The van der Waals surface area contributed by atoms with E-state index in [0.29, 0.717) is 11.4 Å². The molecule has 0 bridgehead atoms. The molecule has 0 unspecified atom stereocenters. The number of para-hydroxylation sites is 2. The van der Waals surface area contributed by atoms with E-state index in [1.807, 2.05) is 24.3 Å². The van der Waals surface area contributed by atoms with Crippen LogP contribution in [0.2, 0.25) is 0 Å². The van der Waals surface area contributed by atoms with Crippen molar-refractivity contribution in [2.24, 2.45) is 0 Å². The fourth-order valence-corrected chi connectivity index (χ4v) is 3.26. The Morgan fingerprint density at radius 3 is 2.41 bits per heavy atom. The molecule has 7 nitrogen and oxygen atoms in total. The summed E-state index contributed by atoms with van der Waals surface area (Å²) in [5.74, 6) is -0.263. The maximum absolute atomic E-state index is 12.3. The third-order valence-corrected chi connectivity index (χ3v) is 4.82. The number of nitro benzene ring substituents is 1. The predicted molar refractivity (Wildman–Crippen MR) is 111 cm³/mol. The Morgan fingerprint density at radius 2 is 1.72 bits per heavy atom. The van der Waals surface area contributed by atoms with Gasteiger partial charge < -0.3 is 4.74 Å². The molecule has 0 saturated heterocycles. The summed E-state index contributed by atoms with van der Waals surface area (Å²) in [5, 5.41) is 10.9. The third kappa shape index (κ3) is 3.97. The first-order valence-corrected chi connectivity index (χ1v) is 9.29. The molecule has 8 heteroatoms. The van der Waals surface area contributed by atoms with Crippen LogP contribution in [0.4, 0.5) is 5.69 Å². The summed E-state index contributed by atoms with van der Waals surface area (Å²) in [4.78, 5) is 31.6. The van der Waals surface area contributed by atoms with Crippen molar-refractivity contribution in [3.05, 3.63) is 93.1 Å². The maximum atomic E-state index is 12.3. The van der Waals surface area contributed by atoms with Gasteiger partial charge in [-0.1, -0.05) is 12.1 Å². The highest BCUT2D eigenvalue weighted by Crippen LogP contribution is 2.27. The number of benzene rings is 3. The van der Waals surface area contributed by atoms with E-state index in [9.17, 15) is 14.9 Å². The standard InChI is InChI=1S/C21H12BrN3O4/c22-16-11-14(7-10-20(16)25(27)28)21(26)29-15-8-5-13(6-9-15)19-12-23-17-3-1-2-4-18(17)24-19/h1-12H. The molecule has 0 spiro atoms. The molecule has 0 aliphatic rings. The highest BCUT2D eigenvalue weighted by molar-refractivity contribution is 9.10. The summed E-state index contributed by atoms with van der Waals surface area (Å²) < 4.78 is 5.56. The average molecular weight is 450 g/mol. The second-order valence-corrected chi connectivity index (χ2v) is 6.94. The molecule has 142 valence electrons. The Bertz CT molecular complexity index is 1240. The van der Waals surface area contributed by atoms with E-state index in [0.717, 1.165) is 16.6 Å². The molecular formula is C21H12BrN3O4. The summed E-state index contributed by atoms with van der Waals surface area (Å²) in [6.07, 6.45) is 1.69. The summed E-state index contributed by atoms with van der Waals surface area (Å²) in [6.45, 7) is 0. The minimum atomic E-state index is -0.612. The van der Waals surface area contributed by atoms with Crippen LogP contribution in [-0.4, -0.2) is 20.9 Å². The molecule has 1 aromatic heterocycles. The highest BCUT2D eigenvalue weighted by Gasteiger charge is 2.16. The van der Waals surface area contributed by atoms with E-state index in [1.54, 1.807) is 30.5 Å². The fourth-order valence-electron chi connectivity index (χ4n) is 2.74. The number of nitro groups is 1. The molecule has 3 aromatic carbocycles. The monoisotopic (exact) mass is 449 g/mol. The highest BCUT2D eigenvalue weighted by atomic mass is 79.9. The minimum absolute atomic E-state index is 0.123. The maximum Gasteiger partial charge on any atom is 0.343 e. The van der Waals surface area contributed by atoms with Crippen LogP contribution >= 0.6 is 15.9 Å². The van der Waals surface area contributed by atoms with Crippen LogP contribution in [0.25, 0.3) is 22.3 Å². The van der Waals surface area contributed by atoms with Gasteiger partial charge in [0.05, 0.1) is 37.9 Å². The molecule has 0 fully saturated rings. The molecule has 0 amide bonds.